The van der Waals surface area contributed by atoms with Crippen LogP contribution in [-0.2, 0) is 18.3 Å². The number of anilines is 1. The molecular formula is C33H38F2N4OS. The highest BCUT2D eigenvalue weighted by Gasteiger charge is 2.39. The number of rotatable bonds is 10. The molecular weight excluding hydrogens is 538 g/mol. The number of aryl methyl sites for hydroxylation is 3. The van der Waals surface area contributed by atoms with E-state index in [1.165, 1.54) is 24.2 Å². The van der Waals surface area contributed by atoms with E-state index < -0.39 is 5.92 Å². The second-order valence-electron chi connectivity index (χ2n) is 11.9. The van der Waals surface area contributed by atoms with Crippen LogP contribution in [0.15, 0.2) is 48.5 Å². The minimum atomic E-state index is -2.65. The average molecular weight is 577 g/mol. The van der Waals surface area contributed by atoms with E-state index >= 15 is 0 Å². The van der Waals surface area contributed by atoms with Crippen LogP contribution in [0.2, 0.25) is 0 Å². The van der Waals surface area contributed by atoms with Gasteiger partial charge in [0.2, 0.25) is 11.8 Å². The maximum atomic E-state index is 13.9. The lowest BCUT2D eigenvalue weighted by molar-refractivity contribution is -0.126. The molecule has 1 amide bonds. The second kappa shape index (κ2) is 11.6. The van der Waals surface area contributed by atoms with E-state index in [0.717, 1.165) is 57.7 Å². The third-order valence-electron chi connectivity index (χ3n) is 8.62. The molecule has 0 radical (unpaired) electrons. The first-order valence-electron chi connectivity index (χ1n) is 15.0. The molecule has 0 unspecified atom stereocenters. The van der Waals surface area contributed by atoms with Gasteiger partial charge in [0.15, 0.2) is 0 Å². The number of carbonyl (C=O) groups is 1. The van der Waals surface area contributed by atoms with Crippen LogP contribution in [0.3, 0.4) is 0 Å². The predicted molar refractivity (Wildman–Crippen MR) is 162 cm³/mol. The summed E-state index contributed by atoms with van der Waals surface area (Å²) in [6, 6.07) is 16.6. The molecule has 0 aliphatic heterocycles. The fraction of sp³-hybridized carbons (Fsp3) is 0.485. The number of alkyl halides is 2. The maximum absolute atomic E-state index is 13.9. The lowest BCUT2D eigenvalue weighted by Crippen LogP contribution is -2.40. The van der Waals surface area contributed by atoms with Crippen molar-refractivity contribution in [3.8, 4) is 11.1 Å². The van der Waals surface area contributed by atoms with Crippen molar-refractivity contribution >= 4 is 33.1 Å². The number of thiazole rings is 1. The zero-order chi connectivity index (χ0) is 28.6. The standard InChI is InChI=1S/C33H38F2N4OS/c1-22-36-29-13-12-26(20-31(29)41-22)25-7-6-9-28(19-25)39(32(40)24-14-16-33(34,35)17-15-24)18-5-3-4-8-27-21-30(23-10-11-23)37-38(27)2/h6-7,9,12-13,19-21,23-24H,3-5,8,10-11,14-18H2,1-2H3. The topological polar surface area (TPSA) is 51.0 Å². The molecule has 8 heteroatoms. The van der Waals surface area contributed by atoms with Crippen molar-refractivity contribution < 1.29 is 13.6 Å². The largest absolute Gasteiger partial charge is 0.312 e. The van der Waals surface area contributed by atoms with Crippen molar-refractivity contribution in [2.45, 2.75) is 83.0 Å². The van der Waals surface area contributed by atoms with Gasteiger partial charge in [0, 0.05) is 49.7 Å². The average Bonchev–Trinajstić information content (AvgIpc) is 3.64. The highest BCUT2D eigenvalue weighted by Crippen LogP contribution is 2.40. The van der Waals surface area contributed by atoms with Gasteiger partial charge in [-0.3, -0.25) is 9.48 Å². The van der Waals surface area contributed by atoms with Crippen molar-refractivity contribution in [1.82, 2.24) is 14.8 Å². The van der Waals surface area contributed by atoms with Gasteiger partial charge >= 0.3 is 0 Å². The summed E-state index contributed by atoms with van der Waals surface area (Å²) in [6.07, 6.45) is 6.40. The molecule has 2 aromatic carbocycles. The third kappa shape index (κ3) is 6.53. The minimum Gasteiger partial charge on any atom is -0.312 e. The third-order valence-corrected chi connectivity index (χ3v) is 9.56. The normalized spacial score (nSPS) is 17.3. The molecule has 6 rings (SSSR count). The van der Waals surface area contributed by atoms with Gasteiger partial charge in [-0.2, -0.15) is 5.10 Å². The van der Waals surface area contributed by atoms with Gasteiger partial charge in [-0.05, 0) is 93.3 Å². The highest BCUT2D eigenvalue weighted by atomic mass is 32.1. The van der Waals surface area contributed by atoms with Crippen LogP contribution in [0.25, 0.3) is 21.3 Å². The Hall–Kier alpha value is -3.13. The maximum Gasteiger partial charge on any atom is 0.248 e. The van der Waals surface area contributed by atoms with Crippen molar-refractivity contribution in [3.63, 3.8) is 0 Å². The van der Waals surface area contributed by atoms with Gasteiger partial charge in [0.25, 0.3) is 0 Å². The summed E-state index contributed by atoms with van der Waals surface area (Å²) >= 11 is 1.67. The van der Waals surface area contributed by atoms with Crippen LogP contribution in [0, 0.1) is 12.8 Å². The Morgan fingerprint density at radius 1 is 1.02 bits per heavy atom. The van der Waals surface area contributed by atoms with E-state index in [0.29, 0.717) is 12.5 Å². The molecule has 2 aliphatic rings. The fourth-order valence-corrected chi connectivity index (χ4v) is 6.91. The van der Waals surface area contributed by atoms with Crippen molar-refractivity contribution in [1.29, 1.82) is 0 Å². The lowest BCUT2D eigenvalue weighted by atomic mass is 9.85. The molecule has 0 atom stereocenters. The number of nitrogens with zero attached hydrogens (tertiary/aromatic N) is 4. The zero-order valence-electron chi connectivity index (χ0n) is 23.9. The summed E-state index contributed by atoms with van der Waals surface area (Å²) in [6.45, 7) is 2.60. The van der Waals surface area contributed by atoms with Crippen LogP contribution < -0.4 is 4.90 Å². The number of carbonyl (C=O) groups excluding carboxylic acids is 1. The summed E-state index contributed by atoms with van der Waals surface area (Å²) in [7, 11) is 2.02. The molecule has 2 heterocycles. The number of unbranched alkanes of at least 4 members (excludes halogenated alkanes) is 2. The van der Waals surface area contributed by atoms with E-state index in [2.05, 4.69) is 40.4 Å². The number of halogens is 2. The van der Waals surface area contributed by atoms with Gasteiger partial charge in [-0.15, -0.1) is 11.3 Å². The summed E-state index contributed by atoms with van der Waals surface area (Å²) in [5.74, 6) is -2.38. The number of hydrogen-bond acceptors (Lipinski definition) is 4. The van der Waals surface area contributed by atoms with Gasteiger partial charge in [-0.25, -0.2) is 13.8 Å². The van der Waals surface area contributed by atoms with Crippen molar-refractivity contribution in [2.75, 3.05) is 11.4 Å². The lowest BCUT2D eigenvalue weighted by Gasteiger charge is -2.32. The molecule has 41 heavy (non-hydrogen) atoms. The first kappa shape index (κ1) is 28.0. The van der Waals surface area contributed by atoms with E-state index in [-0.39, 0.29) is 37.5 Å². The zero-order valence-corrected chi connectivity index (χ0v) is 24.7. The van der Waals surface area contributed by atoms with E-state index in [1.807, 2.05) is 41.8 Å². The van der Waals surface area contributed by atoms with Crippen LogP contribution in [-0.4, -0.2) is 33.1 Å². The second-order valence-corrected chi connectivity index (χ2v) is 13.1. The first-order chi connectivity index (χ1) is 19.8. The summed E-state index contributed by atoms with van der Waals surface area (Å²) < 4.78 is 30.9. The Morgan fingerprint density at radius 2 is 1.80 bits per heavy atom. The molecule has 0 spiro atoms. The van der Waals surface area contributed by atoms with Crippen LogP contribution in [0.4, 0.5) is 14.5 Å². The SMILES string of the molecule is Cc1nc2ccc(-c3cccc(N(CCCCCc4cc(C5CC5)nn4C)C(=O)C4CCC(F)(F)CC4)c3)cc2s1. The molecule has 0 N–H and O–H groups in total. The predicted octanol–water partition coefficient (Wildman–Crippen LogP) is 8.45. The number of aromatic nitrogens is 3. The van der Waals surface area contributed by atoms with Gasteiger partial charge < -0.3 is 4.90 Å². The minimum absolute atomic E-state index is 0.0214. The van der Waals surface area contributed by atoms with Crippen molar-refractivity contribution in [2.24, 2.45) is 13.0 Å². The molecule has 216 valence electrons. The molecule has 4 aromatic rings. The van der Waals surface area contributed by atoms with E-state index in [1.54, 1.807) is 11.3 Å². The number of fused-ring (bicyclic) bond motifs is 1. The van der Waals surface area contributed by atoms with E-state index in [4.69, 9.17) is 0 Å². The van der Waals surface area contributed by atoms with Crippen LogP contribution in [0.1, 0.15) is 80.1 Å². The van der Waals surface area contributed by atoms with Crippen molar-refractivity contribution in [3.05, 3.63) is 64.9 Å². The quantitative estimate of drug-likeness (QED) is 0.178. The Morgan fingerprint density at radius 3 is 2.59 bits per heavy atom. The van der Waals surface area contributed by atoms with Gasteiger partial charge in [-0.1, -0.05) is 24.6 Å². The molecule has 0 bridgehead atoms. The Labute approximate surface area is 244 Å². The number of benzene rings is 2. The summed E-state index contributed by atoms with van der Waals surface area (Å²) in [4.78, 5) is 20.2. The van der Waals surface area contributed by atoms with Crippen LogP contribution >= 0.6 is 11.3 Å². The molecule has 2 aromatic heterocycles. The smallest absolute Gasteiger partial charge is 0.248 e. The van der Waals surface area contributed by atoms with Crippen LogP contribution in [0.5, 0.6) is 0 Å². The summed E-state index contributed by atoms with van der Waals surface area (Å²) in [5, 5.41) is 5.72. The Balaban J connectivity index is 1.16. The fourth-order valence-electron chi connectivity index (χ4n) is 6.04. The van der Waals surface area contributed by atoms with Gasteiger partial charge in [0.05, 0.1) is 20.9 Å². The highest BCUT2D eigenvalue weighted by molar-refractivity contribution is 7.18. The molecule has 2 fully saturated rings. The Bertz CT molecular complexity index is 1530. The molecule has 2 saturated carbocycles. The van der Waals surface area contributed by atoms with E-state index in [9.17, 15) is 13.6 Å². The molecule has 0 saturated heterocycles. The molecule has 5 nitrogen and oxygen atoms in total. The first-order valence-corrected chi connectivity index (χ1v) is 15.8. The van der Waals surface area contributed by atoms with Gasteiger partial charge in [0.1, 0.15) is 0 Å². The Kier molecular flexibility index (Phi) is 7.94. The monoisotopic (exact) mass is 576 g/mol. The number of hydrogen-bond donors (Lipinski definition) is 0. The molecule has 2 aliphatic carbocycles. The summed E-state index contributed by atoms with van der Waals surface area (Å²) in [5.41, 5.74) is 6.44. The number of amides is 1.